The third-order valence-electron chi connectivity index (χ3n) is 6.08. The number of ether oxygens (including phenoxy) is 1. The van der Waals surface area contributed by atoms with Crippen LogP contribution in [0.5, 0.6) is 0 Å². The van der Waals surface area contributed by atoms with Crippen LogP contribution >= 0.6 is 0 Å². The molecule has 1 saturated carbocycles. The number of benzene rings is 2. The van der Waals surface area contributed by atoms with Crippen molar-refractivity contribution in [3.8, 4) is 0 Å². The average Bonchev–Trinajstić information content (AvgIpc) is 3.02. The zero-order valence-corrected chi connectivity index (χ0v) is 16.7. The summed E-state index contributed by atoms with van der Waals surface area (Å²) in [6.07, 6.45) is 6.07. The van der Waals surface area contributed by atoms with E-state index in [1.807, 2.05) is 0 Å². The Kier molecular flexibility index (Phi) is 6.07. The van der Waals surface area contributed by atoms with Crippen molar-refractivity contribution in [1.29, 1.82) is 0 Å². The minimum absolute atomic E-state index is 0.0331. The summed E-state index contributed by atoms with van der Waals surface area (Å²) in [5.41, 5.74) is 2.36. The van der Waals surface area contributed by atoms with Gasteiger partial charge in [-0.25, -0.2) is 0 Å². The number of fused-ring (bicyclic) bond motifs is 1. The summed E-state index contributed by atoms with van der Waals surface area (Å²) in [4.78, 5) is 26.0. The summed E-state index contributed by atoms with van der Waals surface area (Å²) in [5, 5.41) is 3.74. The normalized spacial score (nSPS) is 18.1. The zero-order valence-electron chi connectivity index (χ0n) is 16.7. The van der Waals surface area contributed by atoms with E-state index in [-0.39, 0.29) is 23.9 Å². The zero-order chi connectivity index (χ0) is 20.1. The third kappa shape index (κ3) is 4.11. The van der Waals surface area contributed by atoms with E-state index < -0.39 is 0 Å². The van der Waals surface area contributed by atoms with Gasteiger partial charge in [0.05, 0.1) is 30.9 Å². The highest BCUT2D eigenvalue weighted by Crippen LogP contribution is 2.36. The van der Waals surface area contributed by atoms with Crippen LogP contribution in [0.3, 0.4) is 0 Å². The molecule has 29 heavy (non-hydrogen) atoms. The summed E-state index contributed by atoms with van der Waals surface area (Å²) in [5.74, 6) is -0.449. The van der Waals surface area contributed by atoms with E-state index in [1.165, 1.54) is 29.7 Å². The summed E-state index contributed by atoms with van der Waals surface area (Å²) in [7, 11) is 0. The second-order valence-corrected chi connectivity index (χ2v) is 7.86. The minimum Gasteiger partial charge on any atom is -0.378 e. The quantitative estimate of drug-likeness (QED) is 0.549. The van der Waals surface area contributed by atoms with E-state index in [9.17, 15) is 9.59 Å². The Balaban J connectivity index is 1.25. The first-order valence-electron chi connectivity index (χ1n) is 10.5. The number of rotatable bonds is 8. The Hall–Kier alpha value is -2.50. The summed E-state index contributed by atoms with van der Waals surface area (Å²) in [6.45, 7) is 1.94. The molecule has 1 aliphatic carbocycles. The molecule has 0 atom stereocenters. The summed E-state index contributed by atoms with van der Waals surface area (Å²) in [6, 6.07) is 17.7. The van der Waals surface area contributed by atoms with Crippen LogP contribution in [-0.4, -0.2) is 43.0 Å². The molecule has 2 amide bonds. The molecule has 4 rings (SSSR count). The molecule has 152 valence electrons. The lowest BCUT2D eigenvalue weighted by Gasteiger charge is -2.39. The van der Waals surface area contributed by atoms with Crippen molar-refractivity contribution in [2.24, 2.45) is 0 Å². The van der Waals surface area contributed by atoms with Crippen molar-refractivity contribution in [1.82, 2.24) is 10.2 Å². The molecule has 1 N–H and O–H groups in total. The number of nitrogens with one attached hydrogen (secondary N) is 1. The van der Waals surface area contributed by atoms with E-state index in [0.717, 1.165) is 19.4 Å². The van der Waals surface area contributed by atoms with Crippen molar-refractivity contribution in [2.45, 2.75) is 37.6 Å². The first-order valence-corrected chi connectivity index (χ1v) is 10.5. The lowest BCUT2D eigenvalue weighted by Crippen LogP contribution is -2.45. The Labute approximate surface area is 172 Å². The third-order valence-corrected chi connectivity index (χ3v) is 6.08. The standard InChI is InChI=1S/C24H28N2O3/c27-22-20-11-5-6-12-21(20)23(28)26(22)16-18-29-17-15-25-24(13-7-2-8-14-24)19-9-3-1-4-10-19/h1,3-6,9-12,25H,2,7-8,13-18H2. The summed E-state index contributed by atoms with van der Waals surface area (Å²) < 4.78 is 5.75. The monoisotopic (exact) mass is 392 g/mol. The Bertz CT molecular complexity index is 824. The topological polar surface area (TPSA) is 58.6 Å². The average molecular weight is 392 g/mol. The number of imide groups is 1. The molecular weight excluding hydrogens is 364 g/mol. The van der Waals surface area contributed by atoms with Gasteiger partial charge in [-0.1, -0.05) is 61.7 Å². The van der Waals surface area contributed by atoms with Gasteiger partial charge in [0.2, 0.25) is 0 Å². The van der Waals surface area contributed by atoms with E-state index in [4.69, 9.17) is 4.74 Å². The molecule has 0 spiro atoms. The van der Waals surface area contributed by atoms with E-state index in [0.29, 0.717) is 24.3 Å². The van der Waals surface area contributed by atoms with Crippen LogP contribution in [0.2, 0.25) is 0 Å². The van der Waals surface area contributed by atoms with E-state index >= 15 is 0 Å². The van der Waals surface area contributed by atoms with Crippen LogP contribution in [0.1, 0.15) is 58.4 Å². The molecule has 0 radical (unpaired) electrons. The van der Waals surface area contributed by atoms with Crippen molar-refractivity contribution >= 4 is 11.8 Å². The van der Waals surface area contributed by atoms with Gasteiger partial charge in [-0.15, -0.1) is 0 Å². The molecule has 0 bridgehead atoms. The highest BCUT2D eigenvalue weighted by Gasteiger charge is 2.35. The fourth-order valence-electron chi connectivity index (χ4n) is 4.54. The van der Waals surface area contributed by atoms with Gasteiger partial charge in [0.25, 0.3) is 11.8 Å². The maximum absolute atomic E-state index is 12.4. The molecule has 1 aliphatic heterocycles. The van der Waals surface area contributed by atoms with Gasteiger partial charge < -0.3 is 10.1 Å². The van der Waals surface area contributed by atoms with Crippen molar-refractivity contribution < 1.29 is 14.3 Å². The van der Waals surface area contributed by atoms with Crippen LogP contribution < -0.4 is 5.32 Å². The molecule has 0 aromatic heterocycles. The largest absolute Gasteiger partial charge is 0.378 e. The number of amides is 2. The van der Waals surface area contributed by atoms with Crippen molar-refractivity contribution in [3.05, 3.63) is 71.3 Å². The fraction of sp³-hybridized carbons (Fsp3) is 0.417. The van der Waals surface area contributed by atoms with Crippen LogP contribution in [-0.2, 0) is 10.3 Å². The SMILES string of the molecule is O=C1c2ccccc2C(=O)N1CCOCCNC1(c2ccccc2)CCCCC1. The van der Waals surface area contributed by atoms with E-state index in [2.05, 4.69) is 35.6 Å². The van der Waals surface area contributed by atoms with Crippen molar-refractivity contribution in [2.75, 3.05) is 26.3 Å². The Morgan fingerprint density at radius 1 is 0.828 bits per heavy atom. The van der Waals surface area contributed by atoms with Gasteiger partial charge in [0.1, 0.15) is 0 Å². The van der Waals surface area contributed by atoms with Crippen LogP contribution in [0.15, 0.2) is 54.6 Å². The first kappa shape index (κ1) is 19.8. The molecule has 2 aromatic rings. The van der Waals surface area contributed by atoms with Gasteiger partial charge in [-0.05, 0) is 30.5 Å². The highest BCUT2D eigenvalue weighted by atomic mass is 16.5. The van der Waals surface area contributed by atoms with Crippen LogP contribution in [0.4, 0.5) is 0 Å². The smallest absolute Gasteiger partial charge is 0.261 e. The van der Waals surface area contributed by atoms with Gasteiger partial charge in [-0.3, -0.25) is 14.5 Å². The highest BCUT2D eigenvalue weighted by molar-refractivity contribution is 6.21. The molecule has 2 aliphatic rings. The lowest BCUT2D eigenvalue weighted by molar-refractivity contribution is 0.0557. The maximum atomic E-state index is 12.4. The molecule has 1 fully saturated rings. The fourth-order valence-corrected chi connectivity index (χ4v) is 4.54. The molecule has 0 saturated heterocycles. The molecular formula is C24H28N2O3. The first-order chi connectivity index (χ1) is 14.2. The molecule has 5 nitrogen and oxygen atoms in total. The second-order valence-electron chi connectivity index (χ2n) is 7.86. The van der Waals surface area contributed by atoms with Gasteiger partial charge >= 0.3 is 0 Å². The predicted octanol–water partition coefficient (Wildman–Crippen LogP) is 3.75. The van der Waals surface area contributed by atoms with Crippen LogP contribution in [0.25, 0.3) is 0 Å². The van der Waals surface area contributed by atoms with Gasteiger partial charge in [-0.2, -0.15) is 0 Å². The summed E-state index contributed by atoms with van der Waals surface area (Å²) >= 11 is 0. The molecule has 2 aromatic carbocycles. The van der Waals surface area contributed by atoms with Crippen LogP contribution in [0, 0.1) is 0 Å². The second kappa shape index (κ2) is 8.89. The Morgan fingerprint density at radius 3 is 2.10 bits per heavy atom. The number of hydrogen-bond donors (Lipinski definition) is 1. The molecule has 5 heteroatoms. The number of nitrogens with zero attached hydrogens (tertiary/aromatic N) is 1. The van der Waals surface area contributed by atoms with E-state index in [1.54, 1.807) is 24.3 Å². The number of hydrogen-bond acceptors (Lipinski definition) is 4. The number of carbonyl (C=O) groups excluding carboxylic acids is 2. The molecule has 1 heterocycles. The minimum atomic E-state index is -0.224. The maximum Gasteiger partial charge on any atom is 0.261 e. The number of carbonyl (C=O) groups is 2. The lowest BCUT2D eigenvalue weighted by atomic mass is 9.76. The van der Waals surface area contributed by atoms with Gasteiger partial charge in [0, 0.05) is 12.1 Å². The van der Waals surface area contributed by atoms with Gasteiger partial charge in [0.15, 0.2) is 0 Å². The predicted molar refractivity (Wildman–Crippen MR) is 112 cm³/mol. The molecule has 0 unspecified atom stereocenters. The van der Waals surface area contributed by atoms with Crippen molar-refractivity contribution in [3.63, 3.8) is 0 Å². The Morgan fingerprint density at radius 2 is 1.45 bits per heavy atom.